The first-order chi connectivity index (χ1) is 10.1. The van der Waals surface area contributed by atoms with Crippen molar-refractivity contribution in [2.45, 2.75) is 45.8 Å². The first kappa shape index (κ1) is 17.7. The minimum atomic E-state index is -0.767. The number of fused-ring (bicyclic) bond motifs is 1. The molecule has 0 fully saturated rings. The third-order valence-corrected chi connectivity index (χ3v) is 3.56. The number of carbonyl (C=O) groups is 1. The zero-order chi connectivity index (χ0) is 15.9. The number of halogens is 1. The molecule has 0 radical (unpaired) electrons. The highest BCUT2D eigenvalue weighted by atomic mass is 79.9. The molecule has 0 bridgehead atoms. The van der Waals surface area contributed by atoms with Crippen LogP contribution in [0, 0.1) is 11.8 Å². The lowest BCUT2D eigenvalue weighted by Gasteiger charge is -2.26. The number of hydrogen-bond donors (Lipinski definition) is 1. The maximum Gasteiger partial charge on any atom is 0.253 e. The van der Waals surface area contributed by atoms with Gasteiger partial charge in [0.15, 0.2) is 5.60 Å². The Bertz CT molecular complexity index is 547. The largest absolute Gasteiger partial charge is 0.345 e. The fraction of sp³-hybridized carbons (Fsp3) is 0.471. The molecule has 2 atom stereocenters. The van der Waals surface area contributed by atoms with Crippen molar-refractivity contribution in [2.24, 2.45) is 0 Å². The van der Waals surface area contributed by atoms with E-state index in [0.717, 1.165) is 11.3 Å². The predicted molar refractivity (Wildman–Crippen MR) is 90.5 cm³/mol. The molecule has 0 saturated carbocycles. The summed E-state index contributed by atoms with van der Waals surface area (Å²) in [5, 5.41) is 3.62. The molecule has 1 aromatic carbocycles. The summed E-state index contributed by atoms with van der Waals surface area (Å²) in [6.45, 7) is 7.68. The molecule has 3 nitrogen and oxygen atoms in total. The number of hydrogen-bond acceptors (Lipinski definition) is 2. The summed E-state index contributed by atoms with van der Waals surface area (Å²) in [6, 6.07) is 7.64. The van der Waals surface area contributed by atoms with Crippen molar-refractivity contribution in [1.29, 1.82) is 0 Å². The van der Waals surface area contributed by atoms with Crippen molar-refractivity contribution in [1.82, 2.24) is 0 Å². The number of anilines is 1. The molecule has 114 valence electrons. The molecule has 0 saturated heterocycles. The molecule has 1 N–H and O–H groups in total. The van der Waals surface area contributed by atoms with Gasteiger partial charge in [0.25, 0.3) is 5.91 Å². The van der Waals surface area contributed by atoms with Gasteiger partial charge in [-0.25, -0.2) is 0 Å². The van der Waals surface area contributed by atoms with Crippen LogP contribution < -0.4 is 5.32 Å². The van der Waals surface area contributed by atoms with Crippen LogP contribution in [0.1, 0.15) is 39.7 Å². The predicted octanol–water partition coefficient (Wildman–Crippen LogP) is 4.07. The SMILES string of the molecule is CC.CC#CC1(C)OC(CCBr)C(=O)Nc2ccccc21. The van der Waals surface area contributed by atoms with Crippen LogP contribution in [0.2, 0.25) is 0 Å². The average Bonchev–Trinajstić information content (AvgIpc) is 2.58. The highest BCUT2D eigenvalue weighted by Gasteiger charge is 2.37. The topological polar surface area (TPSA) is 38.3 Å². The fourth-order valence-corrected chi connectivity index (χ4v) is 2.66. The number of alkyl halides is 1. The average molecular weight is 352 g/mol. The quantitative estimate of drug-likeness (QED) is 0.644. The Morgan fingerprint density at radius 1 is 1.38 bits per heavy atom. The molecule has 1 aromatic rings. The molecule has 0 spiro atoms. The van der Waals surface area contributed by atoms with E-state index in [2.05, 4.69) is 33.1 Å². The van der Waals surface area contributed by atoms with Crippen LogP contribution >= 0.6 is 15.9 Å². The number of rotatable bonds is 2. The third-order valence-electron chi connectivity index (χ3n) is 3.10. The molecule has 2 unspecified atom stereocenters. The monoisotopic (exact) mass is 351 g/mol. The summed E-state index contributed by atoms with van der Waals surface area (Å²) in [5.74, 6) is 5.87. The summed E-state index contributed by atoms with van der Waals surface area (Å²) in [4.78, 5) is 12.2. The van der Waals surface area contributed by atoms with Gasteiger partial charge in [0, 0.05) is 16.6 Å². The number of carbonyl (C=O) groups excluding carboxylic acids is 1. The number of benzene rings is 1. The Morgan fingerprint density at radius 2 is 2.05 bits per heavy atom. The van der Waals surface area contributed by atoms with Gasteiger partial charge in [0.05, 0.1) is 0 Å². The Morgan fingerprint density at radius 3 is 2.67 bits per heavy atom. The Kier molecular flexibility index (Phi) is 6.94. The van der Waals surface area contributed by atoms with Gasteiger partial charge >= 0.3 is 0 Å². The third kappa shape index (κ3) is 4.09. The Hall–Kier alpha value is -1.31. The first-order valence-corrected chi connectivity index (χ1v) is 8.31. The second kappa shape index (κ2) is 8.21. The van der Waals surface area contributed by atoms with E-state index in [9.17, 15) is 4.79 Å². The minimum Gasteiger partial charge on any atom is -0.345 e. The van der Waals surface area contributed by atoms with Crippen LogP contribution in [0.5, 0.6) is 0 Å². The molecule has 2 rings (SSSR count). The Balaban J connectivity index is 0.00000106. The lowest BCUT2D eigenvalue weighted by molar-refractivity contribution is -0.134. The summed E-state index contributed by atoms with van der Waals surface area (Å²) >= 11 is 3.35. The normalized spacial score (nSPS) is 23.5. The molecule has 21 heavy (non-hydrogen) atoms. The molecule has 1 heterocycles. The zero-order valence-electron chi connectivity index (χ0n) is 13.0. The van der Waals surface area contributed by atoms with Gasteiger partial charge in [-0.1, -0.05) is 53.9 Å². The lowest BCUT2D eigenvalue weighted by atomic mass is 9.94. The fourth-order valence-electron chi connectivity index (χ4n) is 2.25. The highest BCUT2D eigenvalue weighted by Crippen LogP contribution is 2.35. The summed E-state index contributed by atoms with van der Waals surface area (Å²) in [7, 11) is 0. The van der Waals surface area contributed by atoms with Crippen molar-refractivity contribution in [2.75, 3.05) is 10.6 Å². The zero-order valence-corrected chi connectivity index (χ0v) is 14.6. The molecule has 1 aliphatic rings. The van der Waals surface area contributed by atoms with E-state index in [1.165, 1.54) is 0 Å². The summed E-state index contributed by atoms with van der Waals surface area (Å²) in [5.41, 5.74) is 0.904. The van der Waals surface area contributed by atoms with Crippen molar-refractivity contribution in [3.05, 3.63) is 29.8 Å². The number of nitrogens with one attached hydrogen (secondary N) is 1. The smallest absolute Gasteiger partial charge is 0.253 e. The first-order valence-electron chi connectivity index (χ1n) is 7.19. The van der Waals surface area contributed by atoms with Gasteiger partial charge in [-0.2, -0.15) is 0 Å². The van der Waals surface area contributed by atoms with Crippen molar-refractivity contribution in [3.8, 4) is 11.8 Å². The maximum absolute atomic E-state index is 12.2. The van der Waals surface area contributed by atoms with E-state index in [-0.39, 0.29) is 5.91 Å². The van der Waals surface area contributed by atoms with Gasteiger partial charge in [-0.05, 0) is 26.3 Å². The molecule has 1 amide bonds. The second-order valence-corrected chi connectivity index (χ2v) is 5.32. The number of ether oxygens (including phenoxy) is 1. The van der Waals surface area contributed by atoms with Gasteiger partial charge in [-0.3, -0.25) is 4.79 Å². The van der Waals surface area contributed by atoms with E-state index in [0.29, 0.717) is 11.8 Å². The highest BCUT2D eigenvalue weighted by molar-refractivity contribution is 9.09. The molecule has 1 aliphatic heterocycles. The van der Waals surface area contributed by atoms with Gasteiger partial charge in [0.2, 0.25) is 0 Å². The van der Waals surface area contributed by atoms with Crippen molar-refractivity contribution in [3.63, 3.8) is 0 Å². The maximum atomic E-state index is 12.2. The van der Waals surface area contributed by atoms with Crippen molar-refractivity contribution < 1.29 is 9.53 Å². The molecular formula is C17H22BrNO2. The Labute approximate surface area is 135 Å². The van der Waals surface area contributed by atoms with E-state index < -0.39 is 11.7 Å². The second-order valence-electron chi connectivity index (χ2n) is 4.53. The van der Waals surface area contributed by atoms with Crippen LogP contribution in [-0.4, -0.2) is 17.3 Å². The van der Waals surface area contributed by atoms with Gasteiger partial charge < -0.3 is 10.1 Å². The van der Waals surface area contributed by atoms with E-state index in [4.69, 9.17) is 4.74 Å². The molecule has 4 heteroatoms. The van der Waals surface area contributed by atoms with Crippen LogP contribution in [0.3, 0.4) is 0 Å². The van der Waals surface area contributed by atoms with Gasteiger partial charge in [-0.15, -0.1) is 5.92 Å². The summed E-state index contributed by atoms with van der Waals surface area (Å²) < 4.78 is 6.00. The van der Waals surface area contributed by atoms with Crippen molar-refractivity contribution >= 4 is 27.5 Å². The van der Waals surface area contributed by atoms with Crippen LogP contribution in [-0.2, 0) is 15.1 Å². The van der Waals surface area contributed by atoms with Crippen LogP contribution in [0.25, 0.3) is 0 Å². The summed E-state index contributed by atoms with van der Waals surface area (Å²) in [6.07, 6.45) is 0.110. The van der Waals surface area contributed by atoms with E-state index in [1.54, 1.807) is 6.92 Å². The van der Waals surface area contributed by atoms with Gasteiger partial charge in [0.1, 0.15) is 6.10 Å². The molecular weight excluding hydrogens is 330 g/mol. The number of para-hydroxylation sites is 1. The lowest BCUT2D eigenvalue weighted by Crippen LogP contribution is -2.34. The van der Waals surface area contributed by atoms with E-state index >= 15 is 0 Å². The standard InChI is InChI=1S/C15H16BrNO2.C2H6/c1-3-9-15(2)11-6-4-5-7-12(11)17-14(18)13(19-15)8-10-16;1-2/h4-7,13H,8,10H2,1-2H3,(H,17,18);1-2H3. The molecule has 0 aromatic heterocycles. The van der Waals surface area contributed by atoms with Crippen LogP contribution in [0.4, 0.5) is 5.69 Å². The van der Waals surface area contributed by atoms with E-state index in [1.807, 2.05) is 45.0 Å². The van der Waals surface area contributed by atoms with Crippen LogP contribution in [0.15, 0.2) is 24.3 Å². The number of amides is 1. The molecule has 0 aliphatic carbocycles. The minimum absolute atomic E-state index is 0.117.